The Kier molecular flexibility index (Phi) is 4.26. The minimum Gasteiger partial charge on any atom is -0.378 e. The van der Waals surface area contributed by atoms with E-state index in [1.165, 1.54) is 6.33 Å². The summed E-state index contributed by atoms with van der Waals surface area (Å²) in [6.07, 6.45) is 3.23. The number of nitrogens with one attached hydrogen (secondary N) is 1. The molecule has 1 N–H and O–H groups in total. The van der Waals surface area contributed by atoms with Crippen LogP contribution in [0.2, 0.25) is 0 Å². The maximum Gasteiger partial charge on any atom is 0.246 e. The fraction of sp³-hybridized carbons (Fsp3) is 0.294. The summed E-state index contributed by atoms with van der Waals surface area (Å²) in [5.74, 6) is 0.686. The lowest BCUT2D eigenvalue weighted by atomic mass is 10.3. The number of morpholine rings is 1. The zero-order valence-electron chi connectivity index (χ0n) is 13.6. The molecule has 0 spiro atoms. The van der Waals surface area contributed by atoms with Crippen molar-refractivity contribution >= 4 is 28.4 Å². The molecule has 8 heteroatoms. The lowest BCUT2D eigenvalue weighted by molar-refractivity contribution is -0.116. The van der Waals surface area contributed by atoms with Gasteiger partial charge in [0.15, 0.2) is 5.65 Å². The van der Waals surface area contributed by atoms with Crippen LogP contribution in [0.25, 0.3) is 11.0 Å². The van der Waals surface area contributed by atoms with Gasteiger partial charge in [0.05, 0.1) is 24.8 Å². The maximum absolute atomic E-state index is 12.3. The zero-order valence-corrected chi connectivity index (χ0v) is 13.6. The molecule has 1 fully saturated rings. The van der Waals surface area contributed by atoms with Crippen molar-refractivity contribution in [2.45, 2.75) is 6.54 Å². The third kappa shape index (κ3) is 3.29. The Bertz CT molecular complexity index is 873. The highest BCUT2D eigenvalue weighted by atomic mass is 16.5. The highest BCUT2D eigenvalue weighted by Gasteiger charge is 2.18. The average Bonchev–Trinajstić information content (AvgIpc) is 3.06. The van der Waals surface area contributed by atoms with Gasteiger partial charge in [-0.05, 0) is 12.1 Å². The van der Waals surface area contributed by atoms with Gasteiger partial charge in [-0.2, -0.15) is 5.10 Å². The van der Waals surface area contributed by atoms with Crippen LogP contribution in [0.5, 0.6) is 0 Å². The second-order valence-electron chi connectivity index (χ2n) is 5.75. The molecule has 3 aromatic rings. The van der Waals surface area contributed by atoms with Gasteiger partial charge in [0.2, 0.25) is 5.91 Å². The number of amides is 1. The molecule has 0 aliphatic carbocycles. The molecule has 0 unspecified atom stereocenters. The minimum atomic E-state index is -0.150. The molecule has 1 amide bonds. The standard InChI is InChI=1S/C17H18N6O2/c24-15(21-13-4-2-1-3-5-13)11-23-17-14(10-20-23)16(18-12-19-17)22-6-8-25-9-7-22/h1-5,10,12H,6-9,11H2,(H,21,24). The first-order valence-electron chi connectivity index (χ1n) is 8.15. The van der Waals surface area contributed by atoms with Gasteiger partial charge in [0.1, 0.15) is 18.7 Å². The van der Waals surface area contributed by atoms with Crippen molar-refractivity contribution in [2.24, 2.45) is 0 Å². The highest BCUT2D eigenvalue weighted by Crippen LogP contribution is 2.23. The van der Waals surface area contributed by atoms with E-state index in [1.54, 1.807) is 10.9 Å². The van der Waals surface area contributed by atoms with Crippen LogP contribution in [0.1, 0.15) is 0 Å². The first-order chi connectivity index (χ1) is 12.3. The van der Waals surface area contributed by atoms with Crippen LogP contribution in [-0.4, -0.2) is 52.0 Å². The molecule has 0 bridgehead atoms. The van der Waals surface area contributed by atoms with Crippen molar-refractivity contribution < 1.29 is 9.53 Å². The number of para-hydroxylation sites is 1. The summed E-state index contributed by atoms with van der Waals surface area (Å²) in [6, 6.07) is 9.35. The fourth-order valence-corrected chi connectivity index (χ4v) is 2.88. The molecule has 2 aromatic heterocycles. The van der Waals surface area contributed by atoms with Crippen molar-refractivity contribution in [3.63, 3.8) is 0 Å². The van der Waals surface area contributed by atoms with Crippen LogP contribution in [-0.2, 0) is 16.1 Å². The van der Waals surface area contributed by atoms with E-state index in [-0.39, 0.29) is 12.5 Å². The molecule has 1 aromatic carbocycles. The third-order valence-electron chi connectivity index (χ3n) is 4.07. The Morgan fingerprint density at radius 1 is 1.16 bits per heavy atom. The molecule has 4 rings (SSSR count). The first kappa shape index (κ1) is 15.5. The minimum absolute atomic E-state index is 0.0952. The average molecular weight is 338 g/mol. The molecular formula is C17H18N6O2. The van der Waals surface area contributed by atoms with Crippen molar-refractivity contribution in [2.75, 3.05) is 36.5 Å². The number of aromatic nitrogens is 4. The summed E-state index contributed by atoms with van der Waals surface area (Å²) in [5.41, 5.74) is 1.41. The third-order valence-corrected chi connectivity index (χ3v) is 4.07. The monoisotopic (exact) mass is 338 g/mol. The highest BCUT2D eigenvalue weighted by molar-refractivity contribution is 5.92. The van der Waals surface area contributed by atoms with Gasteiger partial charge in [-0.1, -0.05) is 18.2 Å². The smallest absolute Gasteiger partial charge is 0.246 e. The van der Waals surface area contributed by atoms with E-state index in [2.05, 4.69) is 25.3 Å². The molecule has 25 heavy (non-hydrogen) atoms. The van der Waals surface area contributed by atoms with Crippen LogP contribution in [0, 0.1) is 0 Å². The summed E-state index contributed by atoms with van der Waals surface area (Å²) in [6.45, 7) is 3.02. The summed E-state index contributed by atoms with van der Waals surface area (Å²) in [4.78, 5) is 23.1. The number of benzene rings is 1. The van der Waals surface area contributed by atoms with Crippen molar-refractivity contribution in [1.29, 1.82) is 0 Å². The number of ether oxygens (including phenoxy) is 1. The Hall–Kier alpha value is -3.00. The number of hydrogen-bond donors (Lipinski definition) is 1. The Balaban J connectivity index is 1.55. The van der Waals surface area contributed by atoms with E-state index in [9.17, 15) is 4.79 Å². The second-order valence-corrected chi connectivity index (χ2v) is 5.75. The number of carbonyl (C=O) groups is 1. The number of anilines is 2. The van der Waals surface area contributed by atoms with Crippen LogP contribution in [0.4, 0.5) is 11.5 Å². The Morgan fingerprint density at radius 3 is 2.76 bits per heavy atom. The number of hydrogen-bond acceptors (Lipinski definition) is 6. The summed E-state index contributed by atoms with van der Waals surface area (Å²) < 4.78 is 6.99. The quantitative estimate of drug-likeness (QED) is 0.772. The topological polar surface area (TPSA) is 85.2 Å². The van der Waals surface area contributed by atoms with Crippen LogP contribution < -0.4 is 10.2 Å². The van der Waals surface area contributed by atoms with Crippen molar-refractivity contribution in [3.8, 4) is 0 Å². The number of fused-ring (bicyclic) bond motifs is 1. The number of rotatable bonds is 4. The van der Waals surface area contributed by atoms with Gasteiger partial charge in [0.25, 0.3) is 0 Å². The van der Waals surface area contributed by atoms with Gasteiger partial charge in [-0.15, -0.1) is 0 Å². The van der Waals surface area contributed by atoms with Crippen LogP contribution in [0.15, 0.2) is 42.9 Å². The van der Waals surface area contributed by atoms with E-state index in [0.29, 0.717) is 18.9 Å². The van der Waals surface area contributed by atoms with Crippen molar-refractivity contribution in [3.05, 3.63) is 42.9 Å². The lowest BCUT2D eigenvalue weighted by Gasteiger charge is -2.27. The molecule has 1 aliphatic heterocycles. The predicted molar refractivity (Wildman–Crippen MR) is 93.4 cm³/mol. The van der Waals surface area contributed by atoms with E-state index in [4.69, 9.17) is 4.74 Å². The zero-order chi connectivity index (χ0) is 17.1. The van der Waals surface area contributed by atoms with E-state index >= 15 is 0 Å². The maximum atomic E-state index is 12.3. The SMILES string of the molecule is O=C(Cn1ncc2c(N3CCOCC3)ncnc21)Nc1ccccc1. The predicted octanol–water partition coefficient (Wildman–Crippen LogP) is 1.30. The second kappa shape index (κ2) is 6.86. The van der Waals surface area contributed by atoms with Gasteiger partial charge in [-0.25, -0.2) is 14.6 Å². The van der Waals surface area contributed by atoms with Gasteiger partial charge in [0, 0.05) is 18.8 Å². The summed E-state index contributed by atoms with van der Waals surface area (Å²) in [5, 5.41) is 8.02. The fourth-order valence-electron chi connectivity index (χ4n) is 2.88. The molecular weight excluding hydrogens is 320 g/mol. The number of carbonyl (C=O) groups excluding carboxylic acids is 1. The molecule has 1 saturated heterocycles. The molecule has 128 valence electrons. The molecule has 8 nitrogen and oxygen atoms in total. The molecule has 3 heterocycles. The van der Waals surface area contributed by atoms with E-state index in [0.717, 1.165) is 30.0 Å². The molecule has 0 saturated carbocycles. The van der Waals surface area contributed by atoms with Gasteiger partial charge < -0.3 is 15.0 Å². The summed E-state index contributed by atoms with van der Waals surface area (Å²) >= 11 is 0. The van der Waals surface area contributed by atoms with E-state index < -0.39 is 0 Å². The van der Waals surface area contributed by atoms with E-state index in [1.807, 2.05) is 30.3 Å². The molecule has 1 aliphatic rings. The first-order valence-corrected chi connectivity index (χ1v) is 8.15. The molecule has 0 atom stereocenters. The van der Waals surface area contributed by atoms with Gasteiger partial charge >= 0.3 is 0 Å². The van der Waals surface area contributed by atoms with Crippen molar-refractivity contribution in [1.82, 2.24) is 19.7 Å². The number of nitrogens with zero attached hydrogens (tertiary/aromatic N) is 5. The summed E-state index contributed by atoms with van der Waals surface area (Å²) in [7, 11) is 0. The Morgan fingerprint density at radius 2 is 1.96 bits per heavy atom. The Labute approximate surface area is 144 Å². The normalized spacial score (nSPS) is 14.6. The largest absolute Gasteiger partial charge is 0.378 e. The molecule has 0 radical (unpaired) electrons. The van der Waals surface area contributed by atoms with Gasteiger partial charge in [-0.3, -0.25) is 4.79 Å². The van der Waals surface area contributed by atoms with Crippen LogP contribution >= 0.6 is 0 Å². The lowest BCUT2D eigenvalue weighted by Crippen LogP contribution is -2.36. The van der Waals surface area contributed by atoms with Crippen LogP contribution in [0.3, 0.4) is 0 Å².